The summed E-state index contributed by atoms with van der Waals surface area (Å²) in [6.45, 7) is -0.166. The molecule has 0 unspecified atom stereocenters. The average Bonchev–Trinajstić information content (AvgIpc) is 2.40. The summed E-state index contributed by atoms with van der Waals surface area (Å²) in [4.78, 5) is 11.7. The second-order valence-corrected chi connectivity index (χ2v) is 4.82. The molecular formula is C14H10BrF2NO2. The van der Waals surface area contributed by atoms with Crippen LogP contribution in [0, 0.1) is 11.6 Å². The summed E-state index contributed by atoms with van der Waals surface area (Å²) in [6.07, 6.45) is 0. The minimum atomic E-state index is -0.835. The first-order chi connectivity index (χ1) is 9.49. The highest BCUT2D eigenvalue weighted by Gasteiger charge is 2.14. The molecule has 0 aliphatic heterocycles. The van der Waals surface area contributed by atoms with Crippen LogP contribution in [0.15, 0.2) is 40.9 Å². The molecule has 0 aliphatic carbocycles. The quantitative estimate of drug-likeness (QED) is 0.684. The van der Waals surface area contributed by atoms with Gasteiger partial charge in [-0.3, -0.25) is 0 Å². The first-order valence-electron chi connectivity index (χ1n) is 5.64. The molecule has 0 amide bonds. The largest absolute Gasteiger partial charge is 0.457 e. The molecule has 2 aromatic rings. The smallest absolute Gasteiger partial charge is 0.341 e. The predicted molar refractivity (Wildman–Crippen MR) is 74.0 cm³/mol. The van der Waals surface area contributed by atoms with E-state index in [1.807, 2.05) is 0 Å². The lowest BCUT2D eigenvalue weighted by molar-refractivity contribution is 0.0466. The van der Waals surface area contributed by atoms with E-state index in [1.165, 1.54) is 24.3 Å². The van der Waals surface area contributed by atoms with Crippen LogP contribution in [-0.4, -0.2) is 5.97 Å². The Kier molecular flexibility index (Phi) is 4.34. The van der Waals surface area contributed by atoms with Crippen molar-refractivity contribution in [2.24, 2.45) is 0 Å². The van der Waals surface area contributed by atoms with E-state index in [-0.39, 0.29) is 22.3 Å². The molecule has 0 atom stereocenters. The second kappa shape index (κ2) is 6.00. The highest BCUT2D eigenvalue weighted by Crippen LogP contribution is 2.22. The summed E-state index contributed by atoms with van der Waals surface area (Å²) < 4.78 is 32.0. The first-order valence-corrected chi connectivity index (χ1v) is 6.43. The van der Waals surface area contributed by atoms with E-state index in [0.717, 1.165) is 6.07 Å². The number of carbonyl (C=O) groups excluding carboxylic acids is 1. The van der Waals surface area contributed by atoms with Crippen molar-refractivity contribution >= 4 is 27.6 Å². The van der Waals surface area contributed by atoms with Crippen molar-refractivity contribution in [3.8, 4) is 0 Å². The zero-order valence-corrected chi connectivity index (χ0v) is 11.8. The fourth-order valence-corrected chi connectivity index (χ4v) is 1.96. The summed E-state index contributed by atoms with van der Waals surface area (Å²) in [5.74, 6) is -2.05. The van der Waals surface area contributed by atoms with Gasteiger partial charge < -0.3 is 10.5 Å². The Hall–Kier alpha value is -1.95. The lowest BCUT2D eigenvalue weighted by atomic mass is 10.2. The average molecular weight is 342 g/mol. The Morgan fingerprint density at radius 3 is 2.65 bits per heavy atom. The van der Waals surface area contributed by atoms with Gasteiger partial charge in [-0.25, -0.2) is 13.6 Å². The summed E-state index contributed by atoms with van der Waals surface area (Å²) in [6, 6.07) is 8.04. The van der Waals surface area contributed by atoms with Crippen LogP contribution in [0.2, 0.25) is 0 Å². The number of benzene rings is 2. The van der Waals surface area contributed by atoms with E-state index in [4.69, 9.17) is 10.5 Å². The van der Waals surface area contributed by atoms with Gasteiger partial charge in [0, 0.05) is 11.3 Å². The molecule has 20 heavy (non-hydrogen) atoms. The number of esters is 1. The first kappa shape index (κ1) is 14.5. The molecule has 2 aromatic carbocycles. The van der Waals surface area contributed by atoms with Crippen molar-refractivity contribution in [3.05, 3.63) is 63.6 Å². The molecular weight excluding hydrogens is 332 g/mol. The molecule has 0 fully saturated rings. The van der Waals surface area contributed by atoms with Crippen LogP contribution in [0.4, 0.5) is 14.5 Å². The number of ether oxygens (including phenoxy) is 1. The molecule has 0 saturated heterocycles. The number of rotatable bonds is 3. The number of hydrogen-bond donors (Lipinski definition) is 1. The third kappa shape index (κ3) is 3.14. The van der Waals surface area contributed by atoms with Crippen LogP contribution in [0.3, 0.4) is 0 Å². The minimum Gasteiger partial charge on any atom is -0.457 e. The Balaban J connectivity index is 2.11. The Morgan fingerprint density at radius 1 is 1.20 bits per heavy atom. The standard InChI is InChI=1S/C14H10BrF2NO2/c15-13-8(2-1-3-11(13)16)7-20-14(19)10-5-4-9(18)6-12(10)17/h1-6H,7,18H2. The topological polar surface area (TPSA) is 52.3 Å². The van der Waals surface area contributed by atoms with Crippen molar-refractivity contribution in [1.29, 1.82) is 0 Å². The Morgan fingerprint density at radius 2 is 1.95 bits per heavy atom. The number of halogens is 3. The zero-order chi connectivity index (χ0) is 14.7. The fraction of sp³-hybridized carbons (Fsp3) is 0.0714. The van der Waals surface area contributed by atoms with Crippen molar-refractivity contribution < 1.29 is 18.3 Å². The zero-order valence-electron chi connectivity index (χ0n) is 10.2. The Bertz CT molecular complexity index is 662. The van der Waals surface area contributed by atoms with E-state index in [2.05, 4.69) is 15.9 Å². The monoisotopic (exact) mass is 341 g/mol. The van der Waals surface area contributed by atoms with Gasteiger partial charge in [0.2, 0.25) is 0 Å². The number of hydrogen-bond acceptors (Lipinski definition) is 3. The maximum atomic E-state index is 13.5. The van der Waals surface area contributed by atoms with Gasteiger partial charge in [0.25, 0.3) is 0 Å². The van der Waals surface area contributed by atoms with Crippen LogP contribution in [0.1, 0.15) is 15.9 Å². The third-order valence-corrected chi connectivity index (χ3v) is 3.49. The molecule has 3 nitrogen and oxygen atoms in total. The number of nitrogen functional groups attached to an aromatic ring is 1. The second-order valence-electron chi connectivity index (χ2n) is 4.03. The molecule has 104 valence electrons. The molecule has 0 aromatic heterocycles. The molecule has 0 bridgehead atoms. The number of carbonyl (C=O) groups is 1. The highest BCUT2D eigenvalue weighted by molar-refractivity contribution is 9.10. The number of nitrogens with two attached hydrogens (primary N) is 1. The molecule has 0 radical (unpaired) electrons. The maximum Gasteiger partial charge on any atom is 0.341 e. The normalized spacial score (nSPS) is 10.3. The summed E-state index contributed by atoms with van der Waals surface area (Å²) in [5, 5.41) is 0. The molecule has 2 N–H and O–H groups in total. The van der Waals surface area contributed by atoms with Gasteiger partial charge in [-0.2, -0.15) is 0 Å². The lowest BCUT2D eigenvalue weighted by Crippen LogP contribution is -2.08. The van der Waals surface area contributed by atoms with Crippen LogP contribution in [0.5, 0.6) is 0 Å². The van der Waals surface area contributed by atoms with Crippen molar-refractivity contribution in [1.82, 2.24) is 0 Å². The van der Waals surface area contributed by atoms with Crippen molar-refractivity contribution in [2.75, 3.05) is 5.73 Å². The van der Waals surface area contributed by atoms with Gasteiger partial charge in [0.15, 0.2) is 0 Å². The molecule has 6 heteroatoms. The molecule has 0 spiro atoms. The summed E-state index contributed by atoms with van der Waals surface area (Å²) >= 11 is 3.05. The number of anilines is 1. The molecule has 0 aliphatic rings. The van der Waals surface area contributed by atoms with E-state index in [1.54, 1.807) is 6.07 Å². The van der Waals surface area contributed by atoms with Crippen molar-refractivity contribution in [2.45, 2.75) is 6.61 Å². The van der Waals surface area contributed by atoms with E-state index >= 15 is 0 Å². The predicted octanol–water partition coefficient (Wildman–Crippen LogP) is 3.67. The van der Waals surface area contributed by atoms with Crippen LogP contribution in [0.25, 0.3) is 0 Å². The minimum absolute atomic E-state index is 0.166. The molecule has 0 saturated carbocycles. The van der Waals surface area contributed by atoms with Crippen LogP contribution < -0.4 is 5.73 Å². The summed E-state index contributed by atoms with van der Waals surface area (Å²) in [5.41, 5.74) is 5.84. The Labute approximate surface area is 122 Å². The van der Waals surface area contributed by atoms with Crippen molar-refractivity contribution in [3.63, 3.8) is 0 Å². The molecule has 0 heterocycles. The maximum absolute atomic E-state index is 13.5. The molecule has 2 rings (SSSR count). The SMILES string of the molecule is Nc1ccc(C(=O)OCc2cccc(F)c2Br)c(F)c1. The van der Waals surface area contributed by atoms with E-state index in [9.17, 15) is 13.6 Å². The van der Waals surface area contributed by atoms with E-state index in [0.29, 0.717) is 5.56 Å². The van der Waals surface area contributed by atoms with Gasteiger partial charge in [-0.05, 0) is 40.2 Å². The van der Waals surface area contributed by atoms with Gasteiger partial charge in [-0.1, -0.05) is 12.1 Å². The highest BCUT2D eigenvalue weighted by atomic mass is 79.9. The van der Waals surface area contributed by atoms with Crippen LogP contribution >= 0.6 is 15.9 Å². The van der Waals surface area contributed by atoms with Gasteiger partial charge in [0.1, 0.15) is 18.2 Å². The third-order valence-electron chi connectivity index (χ3n) is 2.60. The van der Waals surface area contributed by atoms with Gasteiger partial charge in [-0.15, -0.1) is 0 Å². The van der Waals surface area contributed by atoms with Gasteiger partial charge in [0.05, 0.1) is 10.0 Å². The van der Waals surface area contributed by atoms with E-state index < -0.39 is 17.6 Å². The fourth-order valence-electron chi connectivity index (χ4n) is 1.58. The van der Waals surface area contributed by atoms with Crippen LogP contribution in [-0.2, 0) is 11.3 Å². The van der Waals surface area contributed by atoms with Gasteiger partial charge >= 0.3 is 5.97 Å². The summed E-state index contributed by atoms with van der Waals surface area (Å²) in [7, 11) is 0. The lowest BCUT2D eigenvalue weighted by Gasteiger charge is -2.08.